The highest BCUT2D eigenvalue weighted by molar-refractivity contribution is 5.97. The first kappa shape index (κ1) is 13.4. The Kier molecular flexibility index (Phi) is 3.75. The summed E-state index contributed by atoms with van der Waals surface area (Å²) in [6.45, 7) is -0.721. The van der Waals surface area contributed by atoms with Gasteiger partial charge in [-0.15, -0.1) is 0 Å². The number of para-hydroxylation sites is 1. The van der Waals surface area contributed by atoms with Gasteiger partial charge < -0.3 is 15.3 Å². The fourth-order valence-corrected chi connectivity index (χ4v) is 2.04. The fraction of sp³-hybridized carbons (Fsp3) is 0.333. The molecule has 1 aromatic carbocycles. The van der Waals surface area contributed by atoms with Crippen molar-refractivity contribution < 1.29 is 23.5 Å². The summed E-state index contributed by atoms with van der Waals surface area (Å²) < 4.78 is 27.1. The molecule has 1 aliphatic rings. The average molecular weight is 270 g/mol. The van der Waals surface area contributed by atoms with E-state index in [0.29, 0.717) is 0 Å². The average Bonchev–Trinajstić information content (AvgIpc) is 2.70. The van der Waals surface area contributed by atoms with Crippen LogP contribution in [-0.4, -0.2) is 36.1 Å². The molecule has 0 spiro atoms. The van der Waals surface area contributed by atoms with Gasteiger partial charge in [-0.3, -0.25) is 9.59 Å². The molecule has 0 saturated carbocycles. The predicted octanol–water partition coefficient (Wildman–Crippen LogP) is 0.179. The van der Waals surface area contributed by atoms with Crippen molar-refractivity contribution >= 4 is 17.5 Å². The van der Waals surface area contributed by atoms with Gasteiger partial charge in [0.25, 0.3) is 0 Å². The van der Waals surface area contributed by atoms with E-state index in [0.717, 1.165) is 17.0 Å². The second kappa shape index (κ2) is 5.31. The van der Waals surface area contributed by atoms with E-state index in [9.17, 15) is 18.4 Å². The highest BCUT2D eigenvalue weighted by Crippen LogP contribution is 2.27. The van der Waals surface area contributed by atoms with E-state index < -0.39 is 41.8 Å². The number of aliphatic hydroxyl groups is 1. The summed E-state index contributed by atoms with van der Waals surface area (Å²) >= 11 is 0. The Morgan fingerprint density at radius 2 is 2.05 bits per heavy atom. The Labute approximate surface area is 107 Å². The lowest BCUT2D eigenvalue weighted by molar-refractivity contribution is -0.124. The molecule has 2 amide bonds. The lowest BCUT2D eigenvalue weighted by Crippen LogP contribution is -2.38. The summed E-state index contributed by atoms with van der Waals surface area (Å²) in [5, 5.41) is 11.0. The van der Waals surface area contributed by atoms with Crippen molar-refractivity contribution in [3.05, 3.63) is 29.8 Å². The third-order valence-electron chi connectivity index (χ3n) is 2.84. The number of hydrogen-bond donors (Lipinski definition) is 2. The van der Waals surface area contributed by atoms with Gasteiger partial charge in [0.2, 0.25) is 11.8 Å². The van der Waals surface area contributed by atoms with Gasteiger partial charge in [0, 0.05) is 13.0 Å². The molecule has 102 valence electrons. The van der Waals surface area contributed by atoms with Gasteiger partial charge in [-0.05, 0) is 12.1 Å². The highest BCUT2D eigenvalue weighted by Gasteiger charge is 2.34. The quantitative estimate of drug-likeness (QED) is 0.823. The van der Waals surface area contributed by atoms with Crippen LogP contribution in [0.25, 0.3) is 0 Å². The predicted molar refractivity (Wildman–Crippen MR) is 62.3 cm³/mol. The van der Waals surface area contributed by atoms with Crippen LogP contribution < -0.4 is 10.2 Å². The van der Waals surface area contributed by atoms with Gasteiger partial charge in [-0.2, -0.15) is 0 Å². The Hall–Kier alpha value is -2.02. The molecule has 1 atom stereocenters. The van der Waals surface area contributed by atoms with Gasteiger partial charge in [0.15, 0.2) is 0 Å². The number of nitrogens with zero attached hydrogens (tertiary/aromatic N) is 1. The summed E-state index contributed by atoms with van der Waals surface area (Å²) in [7, 11) is 0. The molecule has 0 bridgehead atoms. The second-order valence-electron chi connectivity index (χ2n) is 4.20. The van der Waals surface area contributed by atoms with E-state index >= 15 is 0 Å². The minimum atomic E-state index is -0.831. The lowest BCUT2D eigenvalue weighted by Gasteiger charge is -2.18. The molecule has 1 fully saturated rings. The number of carbonyl (C=O) groups is 2. The molecule has 7 heteroatoms. The van der Waals surface area contributed by atoms with E-state index in [-0.39, 0.29) is 13.0 Å². The van der Waals surface area contributed by atoms with Crippen molar-refractivity contribution in [1.29, 1.82) is 0 Å². The zero-order valence-corrected chi connectivity index (χ0v) is 9.90. The SMILES string of the molecule is O=C(CO)NC1CC(=O)N(c2c(F)cccc2F)C1. The van der Waals surface area contributed by atoms with Crippen molar-refractivity contribution in [3.63, 3.8) is 0 Å². The zero-order chi connectivity index (χ0) is 14.0. The Morgan fingerprint density at radius 3 is 2.63 bits per heavy atom. The Morgan fingerprint density at radius 1 is 1.42 bits per heavy atom. The first-order valence-corrected chi connectivity index (χ1v) is 5.67. The number of hydrogen-bond acceptors (Lipinski definition) is 3. The molecule has 5 nitrogen and oxygen atoms in total. The number of carbonyl (C=O) groups excluding carboxylic acids is 2. The minimum Gasteiger partial charge on any atom is -0.387 e. The maximum absolute atomic E-state index is 13.6. The molecule has 1 aromatic rings. The molecule has 1 unspecified atom stereocenters. The molecule has 1 heterocycles. The van der Waals surface area contributed by atoms with E-state index in [4.69, 9.17) is 5.11 Å². The number of nitrogens with one attached hydrogen (secondary N) is 1. The largest absolute Gasteiger partial charge is 0.387 e. The van der Waals surface area contributed by atoms with Crippen LogP contribution in [0.15, 0.2) is 18.2 Å². The molecule has 0 aromatic heterocycles. The van der Waals surface area contributed by atoms with Crippen molar-refractivity contribution in [3.8, 4) is 0 Å². The van der Waals surface area contributed by atoms with Gasteiger partial charge >= 0.3 is 0 Å². The van der Waals surface area contributed by atoms with Crippen LogP contribution in [0.3, 0.4) is 0 Å². The normalized spacial score (nSPS) is 18.8. The molecule has 2 N–H and O–H groups in total. The van der Waals surface area contributed by atoms with Crippen LogP contribution in [-0.2, 0) is 9.59 Å². The molecule has 2 rings (SSSR count). The maximum atomic E-state index is 13.6. The van der Waals surface area contributed by atoms with Gasteiger partial charge in [-0.1, -0.05) is 6.07 Å². The van der Waals surface area contributed by atoms with E-state index in [2.05, 4.69) is 5.32 Å². The van der Waals surface area contributed by atoms with Gasteiger partial charge in [0.05, 0.1) is 6.04 Å². The minimum absolute atomic E-state index is 0.0254. The number of rotatable bonds is 3. The molecule has 1 aliphatic heterocycles. The zero-order valence-electron chi connectivity index (χ0n) is 9.90. The lowest BCUT2D eigenvalue weighted by atomic mass is 10.2. The number of halogens is 2. The standard InChI is InChI=1S/C12H12F2N2O3/c13-8-2-1-3-9(14)12(8)16-5-7(4-11(16)19)15-10(18)6-17/h1-3,7,17H,4-6H2,(H,15,18). The summed E-state index contributed by atoms with van der Waals surface area (Å²) in [5.74, 6) is -2.77. The van der Waals surface area contributed by atoms with Crippen LogP contribution in [0, 0.1) is 11.6 Å². The summed E-state index contributed by atoms with van der Waals surface area (Å²) in [4.78, 5) is 23.7. The first-order chi connectivity index (χ1) is 9.02. The summed E-state index contributed by atoms with van der Waals surface area (Å²) in [6.07, 6.45) is -0.0560. The highest BCUT2D eigenvalue weighted by atomic mass is 19.1. The number of amides is 2. The van der Waals surface area contributed by atoms with Crippen molar-refractivity contribution in [1.82, 2.24) is 5.32 Å². The fourth-order valence-electron chi connectivity index (χ4n) is 2.04. The van der Waals surface area contributed by atoms with Crippen LogP contribution in [0.5, 0.6) is 0 Å². The molecule has 0 radical (unpaired) electrons. The van der Waals surface area contributed by atoms with E-state index in [1.54, 1.807) is 0 Å². The monoisotopic (exact) mass is 270 g/mol. The van der Waals surface area contributed by atoms with Gasteiger partial charge in [0.1, 0.15) is 23.9 Å². The van der Waals surface area contributed by atoms with Crippen molar-refractivity contribution in [2.75, 3.05) is 18.1 Å². The van der Waals surface area contributed by atoms with Crippen LogP contribution in [0.2, 0.25) is 0 Å². The smallest absolute Gasteiger partial charge is 0.245 e. The van der Waals surface area contributed by atoms with Crippen LogP contribution in [0.1, 0.15) is 6.42 Å². The topological polar surface area (TPSA) is 69.6 Å². The Balaban J connectivity index is 2.18. The second-order valence-corrected chi connectivity index (χ2v) is 4.20. The molecule has 0 aliphatic carbocycles. The van der Waals surface area contributed by atoms with Crippen LogP contribution >= 0.6 is 0 Å². The first-order valence-electron chi connectivity index (χ1n) is 5.67. The number of benzene rings is 1. The van der Waals surface area contributed by atoms with Crippen molar-refractivity contribution in [2.45, 2.75) is 12.5 Å². The Bertz CT molecular complexity index is 501. The molecular formula is C12H12F2N2O3. The molecule has 19 heavy (non-hydrogen) atoms. The summed E-state index contributed by atoms with van der Waals surface area (Å²) in [5.41, 5.74) is -0.409. The van der Waals surface area contributed by atoms with E-state index in [1.807, 2.05) is 0 Å². The molecule has 1 saturated heterocycles. The molecular weight excluding hydrogens is 258 g/mol. The van der Waals surface area contributed by atoms with Gasteiger partial charge in [-0.25, -0.2) is 8.78 Å². The number of anilines is 1. The number of aliphatic hydroxyl groups excluding tert-OH is 1. The third kappa shape index (κ3) is 2.70. The summed E-state index contributed by atoms with van der Waals surface area (Å²) in [6, 6.07) is 2.77. The van der Waals surface area contributed by atoms with E-state index in [1.165, 1.54) is 6.07 Å². The maximum Gasteiger partial charge on any atom is 0.245 e. The van der Waals surface area contributed by atoms with Crippen molar-refractivity contribution in [2.24, 2.45) is 0 Å². The third-order valence-corrected chi connectivity index (χ3v) is 2.84. The van der Waals surface area contributed by atoms with Crippen LogP contribution in [0.4, 0.5) is 14.5 Å².